The maximum atomic E-state index is 13.2. The molecule has 2 saturated heterocycles. The molecular weight excluding hydrogens is 344 g/mol. The number of nitrogens with zero attached hydrogens (tertiary/aromatic N) is 3. The summed E-state index contributed by atoms with van der Waals surface area (Å²) in [7, 11) is 1.60. The Balaban J connectivity index is 1.83. The van der Waals surface area contributed by atoms with E-state index in [1.807, 2.05) is 6.07 Å². The monoisotopic (exact) mass is 372 g/mol. The highest BCUT2D eigenvalue weighted by molar-refractivity contribution is 6.00. The first-order valence-electron chi connectivity index (χ1n) is 9.59. The van der Waals surface area contributed by atoms with Crippen molar-refractivity contribution >= 4 is 23.4 Å². The summed E-state index contributed by atoms with van der Waals surface area (Å²) in [6, 6.07) is 6.97. The molecule has 0 bridgehead atoms. The van der Waals surface area contributed by atoms with Gasteiger partial charge in [0.2, 0.25) is 11.8 Å². The third kappa shape index (κ3) is 3.98. The van der Waals surface area contributed by atoms with Gasteiger partial charge in [0.15, 0.2) is 0 Å². The maximum absolute atomic E-state index is 13.2. The smallest absolute Gasteiger partial charge is 0.254 e. The lowest BCUT2D eigenvalue weighted by Gasteiger charge is -2.42. The maximum Gasteiger partial charge on any atom is 0.254 e. The Morgan fingerprint density at radius 2 is 1.96 bits per heavy atom. The molecule has 27 heavy (non-hydrogen) atoms. The van der Waals surface area contributed by atoms with E-state index < -0.39 is 6.04 Å². The SMILES string of the molecule is CNC(=O)C1CN(C(C)C)CCN1C(=O)c1cccc(N2CCCC2=O)c1. The molecule has 2 heterocycles. The van der Waals surface area contributed by atoms with E-state index in [9.17, 15) is 14.4 Å². The van der Waals surface area contributed by atoms with Crippen molar-refractivity contribution in [3.05, 3.63) is 29.8 Å². The van der Waals surface area contributed by atoms with E-state index >= 15 is 0 Å². The zero-order valence-corrected chi connectivity index (χ0v) is 16.3. The van der Waals surface area contributed by atoms with Crippen LogP contribution in [0.4, 0.5) is 5.69 Å². The van der Waals surface area contributed by atoms with Crippen molar-refractivity contribution in [1.82, 2.24) is 15.1 Å². The highest BCUT2D eigenvalue weighted by Crippen LogP contribution is 2.24. The molecule has 1 aromatic carbocycles. The van der Waals surface area contributed by atoms with Gasteiger partial charge in [-0.3, -0.25) is 19.3 Å². The number of amides is 3. The summed E-state index contributed by atoms with van der Waals surface area (Å²) < 4.78 is 0. The van der Waals surface area contributed by atoms with Gasteiger partial charge in [-0.05, 0) is 38.5 Å². The standard InChI is InChI=1S/C20H28N4O3/c1-14(2)22-10-11-24(17(13-22)19(26)21-3)20(27)15-6-4-7-16(12-15)23-9-5-8-18(23)25/h4,6-7,12,14,17H,5,8-11,13H2,1-3H3,(H,21,26). The van der Waals surface area contributed by atoms with Gasteiger partial charge in [-0.1, -0.05) is 6.07 Å². The van der Waals surface area contributed by atoms with Crippen molar-refractivity contribution in [1.29, 1.82) is 0 Å². The van der Waals surface area contributed by atoms with Crippen molar-refractivity contribution < 1.29 is 14.4 Å². The van der Waals surface area contributed by atoms with Crippen LogP contribution in [0.15, 0.2) is 24.3 Å². The van der Waals surface area contributed by atoms with Gasteiger partial charge in [0, 0.05) is 56.9 Å². The average molecular weight is 372 g/mol. The second kappa shape index (κ2) is 8.08. The van der Waals surface area contributed by atoms with E-state index in [-0.39, 0.29) is 17.7 Å². The first-order chi connectivity index (χ1) is 12.9. The lowest BCUT2D eigenvalue weighted by Crippen LogP contribution is -2.61. The number of nitrogens with one attached hydrogen (secondary N) is 1. The number of likely N-dealkylation sites (N-methyl/N-ethyl adjacent to an activating group) is 1. The molecule has 0 aromatic heterocycles. The van der Waals surface area contributed by atoms with Crippen LogP contribution < -0.4 is 10.2 Å². The molecule has 2 aliphatic rings. The van der Waals surface area contributed by atoms with Crippen LogP contribution in [-0.2, 0) is 9.59 Å². The second-order valence-electron chi connectivity index (χ2n) is 7.42. The predicted octanol–water partition coefficient (Wildman–Crippen LogP) is 1.09. The Morgan fingerprint density at radius 1 is 1.19 bits per heavy atom. The molecule has 3 rings (SSSR count). The molecular formula is C20H28N4O3. The van der Waals surface area contributed by atoms with E-state index in [0.29, 0.717) is 37.7 Å². The van der Waals surface area contributed by atoms with Crippen molar-refractivity contribution in [3.63, 3.8) is 0 Å². The van der Waals surface area contributed by atoms with Crippen LogP contribution >= 0.6 is 0 Å². The van der Waals surface area contributed by atoms with Gasteiger partial charge in [-0.2, -0.15) is 0 Å². The highest BCUT2D eigenvalue weighted by Gasteiger charge is 2.36. The van der Waals surface area contributed by atoms with Gasteiger partial charge in [-0.25, -0.2) is 0 Å². The molecule has 1 N–H and O–H groups in total. The van der Waals surface area contributed by atoms with Crippen molar-refractivity contribution in [2.24, 2.45) is 0 Å². The van der Waals surface area contributed by atoms with Crippen LogP contribution in [0.5, 0.6) is 0 Å². The molecule has 0 aliphatic carbocycles. The summed E-state index contributed by atoms with van der Waals surface area (Å²) in [6.45, 7) is 6.63. The highest BCUT2D eigenvalue weighted by atomic mass is 16.2. The van der Waals surface area contributed by atoms with Crippen molar-refractivity contribution in [2.75, 3.05) is 38.1 Å². The minimum Gasteiger partial charge on any atom is -0.357 e. The molecule has 0 radical (unpaired) electrons. The number of carbonyl (C=O) groups excluding carboxylic acids is 3. The Kier molecular flexibility index (Phi) is 5.79. The van der Waals surface area contributed by atoms with Gasteiger partial charge < -0.3 is 15.1 Å². The lowest BCUT2D eigenvalue weighted by molar-refractivity contribution is -0.127. The van der Waals surface area contributed by atoms with Gasteiger partial charge in [0.25, 0.3) is 5.91 Å². The molecule has 2 fully saturated rings. The molecule has 1 atom stereocenters. The second-order valence-corrected chi connectivity index (χ2v) is 7.42. The minimum atomic E-state index is -0.518. The quantitative estimate of drug-likeness (QED) is 0.859. The van der Waals surface area contributed by atoms with E-state index in [1.165, 1.54) is 0 Å². The topological polar surface area (TPSA) is 73.0 Å². The molecule has 1 unspecified atom stereocenters. The first kappa shape index (κ1) is 19.4. The Morgan fingerprint density at radius 3 is 2.59 bits per heavy atom. The molecule has 0 spiro atoms. The zero-order valence-electron chi connectivity index (χ0n) is 16.3. The summed E-state index contributed by atoms with van der Waals surface area (Å²) in [5, 5.41) is 2.68. The molecule has 2 aliphatic heterocycles. The van der Waals surface area contributed by atoms with E-state index in [2.05, 4.69) is 24.1 Å². The molecule has 7 heteroatoms. The van der Waals surface area contributed by atoms with Crippen LogP contribution in [0.2, 0.25) is 0 Å². The number of carbonyl (C=O) groups is 3. The molecule has 1 aromatic rings. The lowest BCUT2D eigenvalue weighted by atomic mass is 10.1. The summed E-state index contributed by atoms with van der Waals surface area (Å²) >= 11 is 0. The normalized spacial score (nSPS) is 21.0. The number of anilines is 1. The predicted molar refractivity (Wildman–Crippen MR) is 104 cm³/mol. The van der Waals surface area contributed by atoms with Crippen LogP contribution in [-0.4, -0.2) is 72.8 Å². The largest absolute Gasteiger partial charge is 0.357 e. The molecule has 3 amide bonds. The fourth-order valence-electron chi connectivity index (χ4n) is 3.80. The fraction of sp³-hybridized carbons (Fsp3) is 0.550. The fourth-order valence-corrected chi connectivity index (χ4v) is 3.80. The van der Waals surface area contributed by atoms with Crippen molar-refractivity contribution in [3.8, 4) is 0 Å². The molecule has 0 saturated carbocycles. The third-order valence-electron chi connectivity index (χ3n) is 5.43. The summed E-state index contributed by atoms with van der Waals surface area (Å²) in [4.78, 5) is 43.2. The third-order valence-corrected chi connectivity index (χ3v) is 5.43. The number of rotatable bonds is 4. The van der Waals surface area contributed by atoms with Crippen LogP contribution in [0.25, 0.3) is 0 Å². The number of hydrogen-bond donors (Lipinski definition) is 1. The van der Waals surface area contributed by atoms with E-state index in [4.69, 9.17) is 0 Å². The molecule has 146 valence electrons. The Labute approximate surface area is 160 Å². The van der Waals surface area contributed by atoms with Crippen LogP contribution in [0, 0.1) is 0 Å². The zero-order chi connectivity index (χ0) is 19.6. The van der Waals surface area contributed by atoms with Gasteiger partial charge >= 0.3 is 0 Å². The van der Waals surface area contributed by atoms with Gasteiger partial charge in [0.1, 0.15) is 6.04 Å². The summed E-state index contributed by atoms with van der Waals surface area (Å²) in [6.07, 6.45) is 1.39. The minimum absolute atomic E-state index is 0.0911. The van der Waals surface area contributed by atoms with Crippen molar-refractivity contribution in [2.45, 2.75) is 38.8 Å². The van der Waals surface area contributed by atoms with E-state index in [0.717, 1.165) is 18.7 Å². The summed E-state index contributed by atoms with van der Waals surface area (Å²) in [5.74, 6) is -0.228. The number of hydrogen-bond acceptors (Lipinski definition) is 4. The Hall–Kier alpha value is -2.41. The number of benzene rings is 1. The first-order valence-corrected chi connectivity index (χ1v) is 9.59. The van der Waals surface area contributed by atoms with E-state index in [1.54, 1.807) is 35.0 Å². The average Bonchev–Trinajstić information content (AvgIpc) is 3.12. The van der Waals surface area contributed by atoms with Crippen LogP contribution in [0.1, 0.15) is 37.0 Å². The molecule has 7 nitrogen and oxygen atoms in total. The van der Waals surface area contributed by atoms with Gasteiger partial charge in [0.05, 0.1) is 0 Å². The Bertz CT molecular complexity index is 734. The van der Waals surface area contributed by atoms with Crippen LogP contribution in [0.3, 0.4) is 0 Å². The number of piperazine rings is 1. The summed E-state index contributed by atoms with van der Waals surface area (Å²) in [5.41, 5.74) is 1.26. The van der Waals surface area contributed by atoms with Gasteiger partial charge in [-0.15, -0.1) is 0 Å².